The van der Waals surface area contributed by atoms with Gasteiger partial charge in [-0.3, -0.25) is 14.5 Å². The number of benzene rings is 2. The van der Waals surface area contributed by atoms with Gasteiger partial charge < -0.3 is 13.9 Å². The van der Waals surface area contributed by atoms with E-state index in [0.717, 1.165) is 17.4 Å². The van der Waals surface area contributed by atoms with Crippen molar-refractivity contribution in [2.45, 2.75) is 6.04 Å². The van der Waals surface area contributed by atoms with E-state index in [-0.39, 0.29) is 22.3 Å². The van der Waals surface area contributed by atoms with Gasteiger partial charge in [0.15, 0.2) is 16.9 Å². The van der Waals surface area contributed by atoms with Gasteiger partial charge in [-0.05, 0) is 35.9 Å². The van der Waals surface area contributed by atoms with Crippen molar-refractivity contribution in [2.75, 3.05) is 19.1 Å². The molecule has 0 saturated heterocycles. The molecule has 4 aromatic rings. The number of amides is 1. The molecule has 8 nitrogen and oxygen atoms in total. The molecule has 0 radical (unpaired) electrons. The van der Waals surface area contributed by atoms with Crippen molar-refractivity contribution in [3.8, 4) is 11.5 Å². The molecule has 31 heavy (non-hydrogen) atoms. The third-order valence-electron chi connectivity index (χ3n) is 5.11. The molecule has 5 rings (SSSR count). The summed E-state index contributed by atoms with van der Waals surface area (Å²) in [6, 6.07) is 7.82. The minimum absolute atomic E-state index is 0.0520. The molecule has 156 valence electrons. The highest BCUT2D eigenvalue weighted by atomic mass is 32.1. The summed E-state index contributed by atoms with van der Waals surface area (Å²) in [6.45, 7) is 0. The van der Waals surface area contributed by atoms with E-state index in [1.807, 2.05) is 0 Å². The van der Waals surface area contributed by atoms with Gasteiger partial charge >= 0.3 is 0 Å². The Morgan fingerprint density at radius 2 is 1.90 bits per heavy atom. The summed E-state index contributed by atoms with van der Waals surface area (Å²) in [7, 11) is 3.00. The predicted molar refractivity (Wildman–Crippen MR) is 111 cm³/mol. The quantitative estimate of drug-likeness (QED) is 0.480. The fraction of sp³-hybridized carbons (Fsp3) is 0.143. The van der Waals surface area contributed by atoms with Gasteiger partial charge in [-0.1, -0.05) is 17.4 Å². The SMILES string of the molecule is COc1ccc(C2c3c(oc4ccc(F)cc4c3=O)C(=O)N2c2nncs2)cc1OC. The van der Waals surface area contributed by atoms with E-state index in [2.05, 4.69) is 10.2 Å². The van der Waals surface area contributed by atoms with Crippen molar-refractivity contribution in [2.24, 2.45) is 0 Å². The molecule has 0 aliphatic carbocycles. The number of aromatic nitrogens is 2. The summed E-state index contributed by atoms with van der Waals surface area (Å²) < 4.78 is 30.3. The molecule has 0 N–H and O–H groups in total. The van der Waals surface area contributed by atoms with Crippen LogP contribution in [0.1, 0.15) is 27.7 Å². The number of carbonyl (C=O) groups is 1. The topological polar surface area (TPSA) is 94.8 Å². The molecule has 0 bridgehead atoms. The van der Waals surface area contributed by atoms with Crippen LogP contribution in [0.4, 0.5) is 9.52 Å². The van der Waals surface area contributed by atoms with Crippen molar-refractivity contribution in [3.05, 3.63) is 74.8 Å². The molecular formula is C21H14FN3O5S. The standard InChI is InChI=1S/C21H14FN3O5S/c1-28-14-5-3-10(7-15(14)29-2)17-16-18(26)12-8-11(22)4-6-13(12)30-19(16)20(27)25(17)21-24-23-9-31-21/h3-9,17H,1-2H3. The zero-order valence-corrected chi connectivity index (χ0v) is 17.1. The van der Waals surface area contributed by atoms with Gasteiger partial charge in [-0.2, -0.15) is 0 Å². The van der Waals surface area contributed by atoms with Gasteiger partial charge in [0.25, 0.3) is 5.91 Å². The molecule has 0 spiro atoms. The van der Waals surface area contributed by atoms with Crippen LogP contribution >= 0.6 is 11.3 Å². The second-order valence-electron chi connectivity index (χ2n) is 6.73. The van der Waals surface area contributed by atoms with Crippen LogP contribution in [0, 0.1) is 5.82 Å². The minimum Gasteiger partial charge on any atom is -0.493 e. The lowest BCUT2D eigenvalue weighted by molar-refractivity contribution is 0.0970. The van der Waals surface area contributed by atoms with Crippen LogP contribution in [0.5, 0.6) is 11.5 Å². The first kappa shape index (κ1) is 19.2. The average Bonchev–Trinajstić information content (AvgIpc) is 3.40. The number of nitrogens with zero attached hydrogens (tertiary/aromatic N) is 3. The Morgan fingerprint density at radius 3 is 2.61 bits per heavy atom. The Labute approximate surface area is 178 Å². The monoisotopic (exact) mass is 439 g/mol. The van der Waals surface area contributed by atoms with Gasteiger partial charge in [-0.15, -0.1) is 10.2 Å². The maximum atomic E-state index is 13.8. The number of hydrogen-bond donors (Lipinski definition) is 0. The lowest BCUT2D eigenvalue weighted by Crippen LogP contribution is -2.29. The molecule has 3 heterocycles. The molecule has 1 amide bonds. The summed E-state index contributed by atoms with van der Waals surface area (Å²) in [6.07, 6.45) is 0. The Balaban J connectivity index is 1.81. The minimum atomic E-state index is -0.862. The summed E-state index contributed by atoms with van der Waals surface area (Å²) in [5, 5.41) is 8.17. The highest BCUT2D eigenvalue weighted by Crippen LogP contribution is 2.43. The number of halogens is 1. The lowest BCUT2D eigenvalue weighted by atomic mass is 9.98. The number of carbonyl (C=O) groups excluding carboxylic acids is 1. The number of ether oxygens (including phenoxy) is 2. The van der Waals surface area contributed by atoms with E-state index in [1.165, 1.54) is 36.8 Å². The van der Waals surface area contributed by atoms with E-state index in [4.69, 9.17) is 13.9 Å². The van der Waals surface area contributed by atoms with Gasteiger partial charge in [-0.25, -0.2) is 4.39 Å². The maximum Gasteiger partial charge on any atom is 0.297 e. The molecule has 2 aromatic carbocycles. The molecule has 0 saturated carbocycles. The van der Waals surface area contributed by atoms with Crippen molar-refractivity contribution in [3.63, 3.8) is 0 Å². The Bertz CT molecular complexity index is 1390. The fourth-order valence-electron chi connectivity index (χ4n) is 3.75. The second kappa shape index (κ2) is 7.17. The summed E-state index contributed by atoms with van der Waals surface area (Å²) in [4.78, 5) is 28.1. The van der Waals surface area contributed by atoms with Crippen LogP contribution in [0.25, 0.3) is 11.0 Å². The van der Waals surface area contributed by atoms with Crippen molar-refractivity contribution >= 4 is 33.3 Å². The van der Waals surface area contributed by atoms with Crippen molar-refractivity contribution in [1.82, 2.24) is 10.2 Å². The molecule has 1 atom stereocenters. The van der Waals surface area contributed by atoms with E-state index >= 15 is 0 Å². The first-order valence-electron chi connectivity index (χ1n) is 9.11. The smallest absolute Gasteiger partial charge is 0.297 e. The molecule has 1 aliphatic rings. The van der Waals surface area contributed by atoms with Crippen LogP contribution in [-0.2, 0) is 0 Å². The third kappa shape index (κ3) is 2.87. The van der Waals surface area contributed by atoms with Crippen LogP contribution in [-0.4, -0.2) is 30.3 Å². The van der Waals surface area contributed by atoms with Crippen molar-refractivity contribution < 1.29 is 23.1 Å². The molecule has 10 heteroatoms. The summed E-state index contributed by atoms with van der Waals surface area (Å²) in [5.74, 6) is -0.304. The van der Waals surface area contributed by atoms with Crippen LogP contribution in [0.15, 0.2) is 51.1 Å². The Hall–Kier alpha value is -3.79. The summed E-state index contributed by atoms with van der Waals surface area (Å²) in [5.41, 5.74) is 1.80. The molecule has 0 fully saturated rings. The highest BCUT2D eigenvalue weighted by molar-refractivity contribution is 7.13. The normalized spacial score (nSPS) is 15.4. The predicted octanol–water partition coefficient (Wildman–Crippen LogP) is 3.55. The number of fused-ring (bicyclic) bond motifs is 2. The maximum absolute atomic E-state index is 13.8. The third-order valence-corrected chi connectivity index (χ3v) is 5.80. The summed E-state index contributed by atoms with van der Waals surface area (Å²) >= 11 is 1.15. The number of methoxy groups -OCH3 is 2. The molecule has 1 unspecified atom stereocenters. The number of rotatable bonds is 4. The zero-order chi connectivity index (χ0) is 21.7. The van der Waals surface area contributed by atoms with Crippen LogP contribution in [0.2, 0.25) is 0 Å². The number of hydrogen-bond acceptors (Lipinski definition) is 8. The van der Waals surface area contributed by atoms with E-state index in [1.54, 1.807) is 18.2 Å². The van der Waals surface area contributed by atoms with Crippen LogP contribution in [0.3, 0.4) is 0 Å². The highest BCUT2D eigenvalue weighted by Gasteiger charge is 2.45. The lowest BCUT2D eigenvalue weighted by Gasteiger charge is -2.22. The first-order chi connectivity index (χ1) is 15.0. The zero-order valence-electron chi connectivity index (χ0n) is 16.3. The van der Waals surface area contributed by atoms with Gasteiger partial charge in [0.05, 0.1) is 31.2 Å². The Kier molecular flexibility index (Phi) is 4.44. The van der Waals surface area contributed by atoms with Gasteiger partial charge in [0.2, 0.25) is 10.9 Å². The second-order valence-corrected chi connectivity index (χ2v) is 7.54. The van der Waals surface area contributed by atoms with Crippen LogP contribution < -0.4 is 19.8 Å². The van der Waals surface area contributed by atoms with Gasteiger partial charge in [0.1, 0.15) is 16.9 Å². The average molecular weight is 439 g/mol. The molecular weight excluding hydrogens is 425 g/mol. The number of anilines is 1. The van der Waals surface area contributed by atoms with E-state index < -0.39 is 23.2 Å². The fourth-order valence-corrected chi connectivity index (χ4v) is 4.34. The first-order valence-corrected chi connectivity index (χ1v) is 9.99. The van der Waals surface area contributed by atoms with Crippen molar-refractivity contribution in [1.29, 1.82) is 0 Å². The largest absolute Gasteiger partial charge is 0.493 e. The Morgan fingerprint density at radius 1 is 1.10 bits per heavy atom. The van der Waals surface area contributed by atoms with E-state index in [9.17, 15) is 14.0 Å². The van der Waals surface area contributed by atoms with E-state index in [0.29, 0.717) is 22.2 Å². The van der Waals surface area contributed by atoms with Gasteiger partial charge in [0, 0.05) is 0 Å². The molecule has 1 aliphatic heterocycles. The molecule has 2 aromatic heterocycles.